The maximum atomic E-state index is 13.3. The first-order chi connectivity index (χ1) is 15.5. The number of carbonyl (C=O) groups is 1. The molecule has 8 heteroatoms. The fourth-order valence-corrected chi connectivity index (χ4v) is 3.74. The third kappa shape index (κ3) is 4.97. The molecular formula is C24H25FN4O3. The molecular weight excluding hydrogens is 411 g/mol. The van der Waals surface area contributed by atoms with Crippen molar-refractivity contribution in [2.45, 2.75) is 19.0 Å². The van der Waals surface area contributed by atoms with E-state index in [4.69, 9.17) is 4.74 Å². The number of phenols is 1. The summed E-state index contributed by atoms with van der Waals surface area (Å²) in [5.74, 6) is 0.666. The lowest BCUT2D eigenvalue weighted by Crippen LogP contribution is -2.32. The quantitative estimate of drug-likeness (QED) is 0.525. The van der Waals surface area contributed by atoms with Crippen molar-refractivity contribution in [3.05, 3.63) is 77.7 Å². The van der Waals surface area contributed by atoms with Crippen molar-refractivity contribution < 1.29 is 19.0 Å². The summed E-state index contributed by atoms with van der Waals surface area (Å²) in [5, 5.41) is 16.4. The third-order valence-electron chi connectivity index (χ3n) is 5.49. The number of amides is 1. The molecule has 0 bridgehead atoms. The number of hydrogen-bond donors (Lipinski definition) is 3. The molecule has 1 aliphatic heterocycles. The van der Waals surface area contributed by atoms with E-state index < -0.39 is 5.82 Å². The van der Waals surface area contributed by atoms with Crippen LogP contribution in [0.3, 0.4) is 0 Å². The van der Waals surface area contributed by atoms with Crippen molar-refractivity contribution in [3.63, 3.8) is 0 Å². The number of pyridine rings is 1. The number of hydrogen-bond acceptors (Lipinski definition) is 6. The van der Waals surface area contributed by atoms with Crippen LogP contribution in [0.2, 0.25) is 0 Å². The number of rotatable bonds is 7. The van der Waals surface area contributed by atoms with E-state index >= 15 is 0 Å². The predicted octanol–water partition coefficient (Wildman–Crippen LogP) is 3.56. The zero-order valence-electron chi connectivity index (χ0n) is 17.7. The molecule has 0 aliphatic carbocycles. The molecule has 1 amide bonds. The number of benzene rings is 2. The van der Waals surface area contributed by atoms with Crippen molar-refractivity contribution in [2.75, 3.05) is 30.4 Å². The summed E-state index contributed by atoms with van der Waals surface area (Å²) >= 11 is 0. The molecule has 0 unspecified atom stereocenters. The Morgan fingerprint density at radius 2 is 2.09 bits per heavy atom. The molecule has 1 aliphatic rings. The van der Waals surface area contributed by atoms with Crippen molar-refractivity contribution in [2.24, 2.45) is 0 Å². The summed E-state index contributed by atoms with van der Waals surface area (Å²) in [6.45, 7) is 2.14. The Labute approximate surface area is 185 Å². The Bertz CT molecular complexity index is 1090. The Morgan fingerprint density at radius 3 is 2.84 bits per heavy atom. The fourth-order valence-electron chi connectivity index (χ4n) is 3.74. The van der Waals surface area contributed by atoms with Gasteiger partial charge >= 0.3 is 0 Å². The lowest BCUT2D eigenvalue weighted by Gasteiger charge is -2.18. The van der Waals surface area contributed by atoms with Gasteiger partial charge in [-0.2, -0.15) is 0 Å². The van der Waals surface area contributed by atoms with Crippen LogP contribution in [0.1, 0.15) is 22.3 Å². The Balaban J connectivity index is 1.32. The monoisotopic (exact) mass is 436 g/mol. The van der Waals surface area contributed by atoms with Gasteiger partial charge in [0.15, 0.2) is 11.5 Å². The molecule has 2 aromatic carbocycles. The summed E-state index contributed by atoms with van der Waals surface area (Å²) in [4.78, 5) is 19.0. The maximum Gasteiger partial charge on any atom is 0.257 e. The number of halogens is 1. The highest BCUT2D eigenvalue weighted by atomic mass is 19.1. The van der Waals surface area contributed by atoms with Gasteiger partial charge in [0, 0.05) is 43.1 Å². The van der Waals surface area contributed by atoms with Gasteiger partial charge in [-0.25, -0.2) is 9.37 Å². The molecule has 0 radical (unpaired) electrons. The van der Waals surface area contributed by atoms with Crippen LogP contribution in [0.25, 0.3) is 0 Å². The van der Waals surface area contributed by atoms with Crippen molar-refractivity contribution in [1.82, 2.24) is 10.3 Å². The first kappa shape index (κ1) is 21.6. The van der Waals surface area contributed by atoms with E-state index in [1.165, 1.54) is 25.4 Å². The largest absolute Gasteiger partial charge is 0.504 e. The Hall–Kier alpha value is -3.65. The zero-order valence-corrected chi connectivity index (χ0v) is 17.7. The van der Waals surface area contributed by atoms with Crippen LogP contribution in [-0.2, 0) is 6.54 Å². The van der Waals surface area contributed by atoms with Gasteiger partial charge in [-0.05, 0) is 42.8 Å². The Morgan fingerprint density at radius 1 is 1.25 bits per heavy atom. The van der Waals surface area contributed by atoms with Crippen molar-refractivity contribution in [1.29, 1.82) is 0 Å². The first-order valence-electron chi connectivity index (χ1n) is 10.4. The highest BCUT2D eigenvalue weighted by molar-refractivity contribution is 6.04. The highest BCUT2D eigenvalue weighted by Crippen LogP contribution is 2.29. The van der Waals surface area contributed by atoms with Crippen LogP contribution in [0, 0.1) is 5.82 Å². The summed E-state index contributed by atoms with van der Waals surface area (Å²) in [5.41, 5.74) is 1.59. The number of methoxy groups -OCH3 is 1. The van der Waals surface area contributed by atoms with Crippen molar-refractivity contribution >= 4 is 17.4 Å². The van der Waals surface area contributed by atoms with E-state index in [0.717, 1.165) is 30.9 Å². The van der Waals surface area contributed by atoms with Gasteiger partial charge in [-0.3, -0.25) is 4.79 Å². The number of aromatic nitrogens is 1. The number of phenolic OH excluding ortho intramolecular Hbond substituents is 1. The minimum atomic E-state index is -0.407. The van der Waals surface area contributed by atoms with Gasteiger partial charge in [-0.15, -0.1) is 0 Å². The van der Waals surface area contributed by atoms with E-state index in [1.54, 1.807) is 24.3 Å². The second kappa shape index (κ2) is 9.65. The smallest absolute Gasteiger partial charge is 0.257 e. The molecule has 1 saturated heterocycles. The molecule has 4 rings (SSSR count). The van der Waals surface area contributed by atoms with Gasteiger partial charge in [0.2, 0.25) is 0 Å². The highest BCUT2D eigenvalue weighted by Gasteiger charge is 2.23. The van der Waals surface area contributed by atoms with E-state index in [2.05, 4.69) is 20.5 Å². The van der Waals surface area contributed by atoms with Crippen molar-refractivity contribution in [3.8, 4) is 11.5 Å². The molecule has 1 atom stereocenters. The minimum Gasteiger partial charge on any atom is -0.504 e. The van der Waals surface area contributed by atoms with Crippen LogP contribution >= 0.6 is 0 Å². The normalized spacial score (nSPS) is 15.6. The SMILES string of the molecule is COc1cccc(CN[C@H]2CCN(c3ccc(C(=O)Nc4cccc(F)c4)cn3)C2)c1O. The molecule has 32 heavy (non-hydrogen) atoms. The molecule has 1 fully saturated rings. The molecule has 3 N–H and O–H groups in total. The average molecular weight is 436 g/mol. The number of aromatic hydroxyl groups is 1. The zero-order chi connectivity index (χ0) is 22.5. The number of para-hydroxylation sites is 1. The Kier molecular flexibility index (Phi) is 6.51. The van der Waals surface area contributed by atoms with E-state index in [9.17, 15) is 14.3 Å². The van der Waals surface area contributed by atoms with Gasteiger partial charge in [0.05, 0.1) is 12.7 Å². The summed E-state index contributed by atoms with van der Waals surface area (Å²) in [7, 11) is 1.53. The molecule has 7 nitrogen and oxygen atoms in total. The number of nitrogens with zero attached hydrogens (tertiary/aromatic N) is 2. The van der Waals surface area contributed by atoms with E-state index in [-0.39, 0.29) is 17.7 Å². The fraction of sp³-hybridized carbons (Fsp3) is 0.250. The second-order valence-electron chi connectivity index (χ2n) is 7.65. The number of anilines is 2. The van der Waals surface area contributed by atoms with Gasteiger partial charge in [-0.1, -0.05) is 18.2 Å². The summed E-state index contributed by atoms with van der Waals surface area (Å²) < 4.78 is 18.4. The molecule has 1 aromatic heterocycles. The van der Waals surface area contributed by atoms with Crippen LogP contribution < -0.4 is 20.3 Å². The van der Waals surface area contributed by atoms with E-state index in [1.807, 2.05) is 18.2 Å². The van der Waals surface area contributed by atoms with Gasteiger partial charge < -0.3 is 25.4 Å². The topological polar surface area (TPSA) is 86.7 Å². The van der Waals surface area contributed by atoms with Crippen LogP contribution in [0.15, 0.2) is 60.8 Å². The predicted molar refractivity (Wildman–Crippen MR) is 121 cm³/mol. The van der Waals surface area contributed by atoms with Gasteiger partial charge in [0.1, 0.15) is 11.6 Å². The minimum absolute atomic E-state index is 0.158. The number of carbonyl (C=O) groups excluding carboxylic acids is 1. The standard InChI is InChI=1S/C24H25FN4O3/c1-32-21-7-2-4-16(23(21)30)13-26-20-10-11-29(15-20)22-9-8-17(14-27-22)24(31)28-19-6-3-5-18(25)12-19/h2-9,12,14,20,26,30H,10-11,13,15H2,1H3,(H,28,31)/t20-/m0/s1. The van der Waals surface area contributed by atoms with E-state index in [0.29, 0.717) is 23.5 Å². The lowest BCUT2D eigenvalue weighted by molar-refractivity contribution is 0.102. The first-order valence-corrected chi connectivity index (χ1v) is 10.4. The summed E-state index contributed by atoms with van der Waals surface area (Å²) in [6.07, 6.45) is 2.47. The van der Waals surface area contributed by atoms with Gasteiger partial charge in [0.25, 0.3) is 5.91 Å². The maximum absolute atomic E-state index is 13.3. The second-order valence-corrected chi connectivity index (χ2v) is 7.65. The average Bonchev–Trinajstić information content (AvgIpc) is 3.27. The number of nitrogens with one attached hydrogen (secondary N) is 2. The lowest BCUT2D eigenvalue weighted by atomic mass is 10.1. The molecule has 3 aromatic rings. The molecule has 2 heterocycles. The van der Waals surface area contributed by atoms with Crippen LogP contribution in [-0.4, -0.2) is 42.2 Å². The van der Waals surface area contributed by atoms with Crippen LogP contribution in [0.5, 0.6) is 11.5 Å². The third-order valence-corrected chi connectivity index (χ3v) is 5.49. The number of ether oxygens (including phenoxy) is 1. The van der Waals surface area contributed by atoms with Crippen LogP contribution in [0.4, 0.5) is 15.9 Å². The molecule has 166 valence electrons. The molecule has 0 saturated carbocycles. The molecule has 0 spiro atoms. The summed E-state index contributed by atoms with van der Waals surface area (Å²) in [6, 6.07) is 15.0.